The number of allylic oxidation sites excluding steroid dienone is 2. The van der Waals surface area contributed by atoms with Gasteiger partial charge >= 0.3 is 6.09 Å². The Balaban J connectivity index is 2.05. The molecule has 0 fully saturated rings. The van der Waals surface area contributed by atoms with Crippen LogP contribution < -0.4 is 4.74 Å². The van der Waals surface area contributed by atoms with Crippen molar-refractivity contribution in [2.75, 3.05) is 0 Å². The van der Waals surface area contributed by atoms with E-state index in [1.54, 1.807) is 18.3 Å². The first-order valence-corrected chi connectivity index (χ1v) is 6.07. The highest BCUT2D eigenvalue weighted by Crippen LogP contribution is 2.19. The summed E-state index contributed by atoms with van der Waals surface area (Å²) in [5, 5.41) is 0. The van der Waals surface area contributed by atoms with E-state index in [4.69, 9.17) is 4.74 Å². The summed E-state index contributed by atoms with van der Waals surface area (Å²) in [5.41, 5.74) is 0. The topological polar surface area (TPSA) is 29.5 Å². The summed E-state index contributed by atoms with van der Waals surface area (Å²) in [4.78, 5) is 13.4. The first kappa shape index (κ1) is 11.9. The van der Waals surface area contributed by atoms with Crippen LogP contribution in [-0.2, 0) is 0 Å². The number of benzene rings is 1. The molecule has 1 aromatic rings. The molecule has 1 aliphatic heterocycles. The van der Waals surface area contributed by atoms with Gasteiger partial charge in [0.1, 0.15) is 5.75 Å². The molecule has 88 valence electrons. The minimum Gasteiger partial charge on any atom is -0.410 e. The van der Waals surface area contributed by atoms with Crippen LogP contribution in [0.2, 0.25) is 0 Å². The lowest BCUT2D eigenvalue weighted by atomic mass is 10.2. The van der Waals surface area contributed by atoms with Crippen LogP contribution in [0.25, 0.3) is 0 Å². The van der Waals surface area contributed by atoms with Crippen LogP contribution >= 0.6 is 15.9 Å². The van der Waals surface area contributed by atoms with Crippen molar-refractivity contribution >= 4 is 22.0 Å². The molecule has 1 unspecified atom stereocenters. The summed E-state index contributed by atoms with van der Waals surface area (Å²) in [5.74, 6) is 0.548. The molecule has 17 heavy (non-hydrogen) atoms. The van der Waals surface area contributed by atoms with E-state index in [-0.39, 0.29) is 12.1 Å². The van der Waals surface area contributed by atoms with Crippen molar-refractivity contribution in [1.82, 2.24) is 4.90 Å². The van der Waals surface area contributed by atoms with Crippen molar-refractivity contribution in [2.45, 2.75) is 13.0 Å². The van der Waals surface area contributed by atoms with Crippen LogP contribution in [0.3, 0.4) is 0 Å². The number of carbonyl (C=O) groups excluding carboxylic acids is 1. The average Bonchev–Trinajstić information content (AvgIpc) is 2.30. The van der Waals surface area contributed by atoms with E-state index in [9.17, 15) is 4.79 Å². The molecule has 1 aromatic carbocycles. The first-order valence-electron chi connectivity index (χ1n) is 5.27. The molecule has 0 aromatic heterocycles. The zero-order valence-corrected chi connectivity index (χ0v) is 10.9. The van der Waals surface area contributed by atoms with Gasteiger partial charge in [0, 0.05) is 10.7 Å². The van der Waals surface area contributed by atoms with Gasteiger partial charge in [-0.3, -0.25) is 4.90 Å². The second kappa shape index (κ2) is 5.19. The molecule has 0 saturated carbocycles. The third-order valence-electron chi connectivity index (χ3n) is 2.39. The van der Waals surface area contributed by atoms with Crippen molar-refractivity contribution in [1.29, 1.82) is 0 Å². The van der Waals surface area contributed by atoms with Crippen molar-refractivity contribution in [2.24, 2.45) is 0 Å². The maximum absolute atomic E-state index is 11.9. The lowest BCUT2D eigenvalue weighted by molar-refractivity contribution is 0.163. The molecule has 2 rings (SSSR count). The van der Waals surface area contributed by atoms with Gasteiger partial charge in [0.25, 0.3) is 0 Å². The van der Waals surface area contributed by atoms with Gasteiger partial charge in [-0.25, -0.2) is 4.79 Å². The molecule has 4 heteroatoms. The summed E-state index contributed by atoms with van der Waals surface area (Å²) < 4.78 is 6.22. The molecule has 1 atom stereocenters. The number of nitrogens with zero attached hydrogens (tertiary/aromatic N) is 1. The molecule has 1 amide bonds. The molecule has 0 bridgehead atoms. The fourth-order valence-corrected chi connectivity index (χ4v) is 2.02. The highest BCUT2D eigenvalue weighted by Gasteiger charge is 2.20. The highest BCUT2D eigenvalue weighted by molar-refractivity contribution is 9.11. The van der Waals surface area contributed by atoms with Gasteiger partial charge in [-0.15, -0.1) is 0 Å². The summed E-state index contributed by atoms with van der Waals surface area (Å²) in [6.45, 7) is 1.93. The van der Waals surface area contributed by atoms with Gasteiger partial charge in [-0.2, -0.15) is 0 Å². The van der Waals surface area contributed by atoms with Crippen molar-refractivity contribution < 1.29 is 9.53 Å². The van der Waals surface area contributed by atoms with E-state index in [2.05, 4.69) is 15.9 Å². The summed E-state index contributed by atoms with van der Waals surface area (Å²) in [6.07, 6.45) is 5.08. The molecule has 0 saturated heterocycles. The standard InChI is InChI=1S/C13H12BrNO2/c1-10-9-11(14)7-8-15(10)13(16)17-12-5-3-2-4-6-12/h2-10H,1H3. The quantitative estimate of drug-likeness (QED) is 0.790. The lowest BCUT2D eigenvalue weighted by Gasteiger charge is -2.25. The Morgan fingerprint density at radius 1 is 1.35 bits per heavy atom. The Morgan fingerprint density at radius 3 is 2.71 bits per heavy atom. The number of hydrogen-bond donors (Lipinski definition) is 0. The van der Waals surface area contributed by atoms with Crippen molar-refractivity contribution in [3.8, 4) is 5.75 Å². The number of carbonyl (C=O) groups is 1. The van der Waals surface area contributed by atoms with Crippen LogP contribution in [0.4, 0.5) is 4.79 Å². The summed E-state index contributed by atoms with van der Waals surface area (Å²) in [7, 11) is 0. The van der Waals surface area contributed by atoms with E-state index >= 15 is 0 Å². The van der Waals surface area contributed by atoms with E-state index in [0.717, 1.165) is 4.48 Å². The van der Waals surface area contributed by atoms with Gasteiger partial charge in [0.05, 0.1) is 6.04 Å². The maximum Gasteiger partial charge on any atom is 0.419 e. The van der Waals surface area contributed by atoms with E-state index < -0.39 is 0 Å². The molecule has 1 heterocycles. The van der Waals surface area contributed by atoms with Crippen molar-refractivity contribution in [3.05, 3.63) is 53.2 Å². The number of hydrogen-bond acceptors (Lipinski definition) is 2. The Hall–Kier alpha value is -1.55. The lowest BCUT2D eigenvalue weighted by Crippen LogP contribution is -2.36. The molecule has 3 nitrogen and oxygen atoms in total. The largest absolute Gasteiger partial charge is 0.419 e. The second-order valence-electron chi connectivity index (χ2n) is 3.70. The Bertz CT molecular complexity index is 468. The minimum atomic E-state index is -0.379. The van der Waals surface area contributed by atoms with Gasteiger partial charge in [0.2, 0.25) is 0 Å². The van der Waals surface area contributed by atoms with Gasteiger partial charge in [-0.1, -0.05) is 34.1 Å². The summed E-state index contributed by atoms with van der Waals surface area (Å²) in [6, 6.07) is 9.01. The number of ether oxygens (including phenoxy) is 1. The monoisotopic (exact) mass is 293 g/mol. The third-order valence-corrected chi connectivity index (χ3v) is 2.92. The van der Waals surface area contributed by atoms with Crippen LogP contribution in [0.15, 0.2) is 53.2 Å². The first-order chi connectivity index (χ1) is 8.16. The molecule has 0 spiro atoms. The fourth-order valence-electron chi connectivity index (χ4n) is 1.52. The smallest absolute Gasteiger partial charge is 0.410 e. The van der Waals surface area contributed by atoms with E-state index in [1.165, 1.54) is 4.90 Å². The Labute approximate surface area is 109 Å². The Kier molecular flexibility index (Phi) is 3.64. The van der Waals surface area contributed by atoms with E-state index in [1.807, 2.05) is 37.3 Å². The minimum absolute atomic E-state index is 0.0226. The second-order valence-corrected chi connectivity index (χ2v) is 4.61. The van der Waals surface area contributed by atoms with Crippen LogP contribution in [-0.4, -0.2) is 17.0 Å². The van der Waals surface area contributed by atoms with Crippen LogP contribution in [0, 0.1) is 0 Å². The van der Waals surface area contributed by atoms with Gasteiger partial charge in [-0.05, 0) is 31.2 Å². The molecular formula is C13H12BrNO2. The predicted molar refractivity (Wildman–Crippen MR) is 69.9 cm³/mol. The van der Waals surface area contributed by atoms with E-state index in [0.29, 0.717) is 5.75 Å². The van der Waals surface area contributed by atoms with Gasteiger partial charge in [0.15, 0.2) is 0 Å². The SMILES string of the molecule is CC1C=C(Br)C=CN1C(=O)Oc1ccccc1. The zero-order valence-electron chi connectivity index (χ0n) is 9.34. The third kappa shape index (κ3) is 2.97. The Morgan fingerprint density at radius 2 is 2.06 bits per heavy atom. The molecule has 0 aliphatic carbocycles. The predicted octanol–water partition coefficient (Wildman–Crippen LogP) is 3.68. The fraction of sp³-hybridized carbons (Fsp3) is 0.154. The zero-order chi connectivity index (χ0) is 12.3. The number of rotatable bonds is 1. The molecular weight excluding hydrogens is 282 g/mol. The maximum atomic E-state index is 11.9. The van der Waals surface area contributed by atoms with Crippen molar-refractivity contribution in [3.63, 3.8) is 0 Å². The normalized spacial score (nSPS) is 18.8. The molecule has 1 aliphatic rings. The number of para-hydroxylation sites is 1. The van der Waals surface area contributed by atoms with Gasteiger partial charge < -0.3 is 4.74 Å². The molecule has 0 N–H and O–H groups in total. The van der Waals surface area contributed by atoms with Crippen LogP contribution in [0.5, 0.6) is 5.75 Å². The number of amides is 1. The number of halogens is 1. The van der Waals surface area contributed by atoms with Crippen LogP contribution in [0.1, 0.15) is 6.92 Å². The highest BCUT2D eigenvalue weighted by atomic mass is 79.9. The average molecular weight is 294 g/mol. The summed E-state index contributed by atoms with van der Waals surface area (Å²) >= 11 is 3.37. The molecule has 0 radical (unpaired) electrons.